The molecule has 72 valence electrons. The Morgan fingerprint density at radius 3 is 2.77 bits per heavy atom. The fourth-order valence-corrected chi connectivity index (χ4v) is 0.922. The molecule has 0 aliphatic carbocycles. The van der Waals surface area contributed by atoms with Crippen molar-refractivity contribution in [1.29, 1.82) is 0 Å². The van der Waals surface area contributed by atoms with E-state index in [1.54, 1.807) is 0 Å². The number of carbonyl (C=O) groups excluding carboxylic acids is 1. The van der Waals surface area contributed by atoms with Crippen molar-refractivity contribution in [3.63, 3.8) is 0 Å². The number of aromatic nitrogens is 2. The molecule has 1 aromatic rings. The highest BCUT2D eigenvalue weighted by atomic mass is 19.3. The van der Waals surface area contributed by atoms with Crippen LogP contribution in [-0.2, 0) is 4.74 Å². The van der Waals surface area contributed by atoms with Crippen LogP contribution in [0, 0.1) is 6.92 Å². The quantitative estimate of drug-likeness (QED) is 0.661. The molecule has 0 bridgehead atoms. The van der Waals surface area contributed by atoms with Gasteiger partial charge >= 0.3 is 12.5 Å². The van der Waals surface area contributed by atoms with Crippen molar-refractivity contribution < 1.29 is 18.3 Å². The first-order valence-electron chi connectivity index (χ1n) is 3.49. The van der Waals surface area contributed by atoms with Crippen LogP contribution >= 0.6 is 0 Å². The SMILES string of the molecule is COC(=O)c1cc(C)nn1C(F)F. The number of rotatable bonds is 2. The molecule has 4 nitrogen and oxygen atoms in total. The average Bonchev–Trinajstić information content (AvgIpc) is 2.46. The van der Waals surface area contributed by atoms with Crippen LogP contribution in [0.25, 0.3) is 0 Å². The minimum atomic E-state index is -2.83. The number of hydrogen-bond donors (Lipinski definition) is 0. The first-order valence-corrected chi connectivity index (χ1v) is 3.49. The second kappa shape index (κ2) is 3.51. The molecule has 1 heterocycles. The lowest BCUT2D eigenvalue weighted by atomic mass is 10.4. The Hall–Kier alpha value is -1.46. The van der Waals surface area contributed by atoms with Crippen molar-refractivity contribution in [2.45, 2.75) is 13.5 Å². The maximum absolute atomic E-state index is 12.2. The molecule has 1 aromatic heterocycles. The highest BCUT2D eigenvalue weighted by molar-refractivity contribution is 5.87. The molecule has 0 aromatic carbocycles. The topological polar surface area (TPSA) is 44.1 Å². The Labute approximate surface area is 73.1 Å². The smallest absolute Gasteiger partial charge is 0.356 e. The van der Waals surface area contributed by atoms with E-state index in [1.165, 1.54) is 13.0 Å². The summed E-state index contributed by atoms with van der Waals surface area (Å²) in [7, 11) is 1.13. The number of aryl methyl sites for hydroxylation is 1. The van der Waals surface area contributed by atoms with Crippen LogP contribution in [0.5, 0.6) is 0 Å². The summed E-state index contributed by atoms with van der Waals surface area (Å²) in [4.78, 5) is 10.9. The third-order valence-electron chi connectivity index (χ3n) is 1.44. The van der Waals surface area contributed by atoms with Gasteiger partial charge in [-0.3, -0.25) is 0 Å². The van der Waals surface area contributed by atoms with Crippen molar-refractivity contribution in [3.05, 3.63) is 17.5 Å². The van der Waals surface area contributed by atoms with Crippen LogP contribution in [0.1, 0.15) is 22.7 Å². The van der Waals surface area contributed by atoms with Crippen LogP contribution < -0.4 is 0 Å². The first-order chi connectivity index (χ1) is 6.06. The Morgan fingerprint density at radius 2 is 2.31 bits per heavy atom. The summed E-state index contributed by atoms with van der Waals surface area (Å²) < 4.78 is 29.1. The van der Waals surface area contributed by atoms with Crippen molar-refractivity contribution in [3.8, 4) is 0 Å². The molecule has 0 aliphatic heterocycles. The van der Waals surface area contributed by atoms with Crippen molar-refractivity contribution >= 4 is 5.97 Å². The Kier molecular flexibility index (Phi) is 2.60. The zero-order valence-electron chi connectivity index (χ0n) is 7.12. The van der Waals surface area contributed by atoms with Gasteiger partial charge < -0.3 is 4.74 Å². The van der Waals surface area contributed by atoms with Crippen LogP contribution in [0.4, 0.5) is 8.78 Å². The molecule has 0 saturated heterocycles. The summed E-state index contributed by atoms with van der Waals surface area (Å²) in [5, 5.41) is 3.44. The van der Waals surface area contributed by atoms with Gasteiger partial charge in [0.25, 0.3) is 0 Å². The van der Waals surface area contributed by atoms with Gasteiger partial charge in [-0.05, 0) is 13.0 Å². The molecule has 0 saturated carbocycles. The Morgan fingerprint density at radius 1 is 1.69 bits per heavy atom. The molecular formula is C7H8F2N2O2. The van der Waals surface area contributed by atoms with Gasteiger partial charge in [-0.25, -0.2) is 4.79 Å². The second-order valence-corrected chi connectivity index (χ2v) is 2.38. The maximum atomic E-state index is 12.2. The summed E-state index contributed by atoms with van der Waals surface area (Å²) in [5.41, 5.74) is 0.107. The predicted octanol–water partition coefficient (Wildman–Crippen LogP) is 1.37. The number of esters is 1. The summed E-state index contributed by atoms with van der Waals surface area (Å²) in [6.45, 7) is -1.31. The molecule has 6 heteroatoms. The van der Waals surface area contributed by atoms with E-state index in [1.807, 2.05) is 0 Å². The van der Waals surface area contributed by atoms with Gasteiger partial charge in [0, 0.05) is 0 Å². The molecule has 0 unspecified atom stereocenters. The fourth-order valence-electron chi connectivity index (χ4n) is 0.922. The molecule has 0 fully saturated rings. The second-order valence-electron chi connectivity index (χ2n) is 2.38. The van der Waals surface area contributed by atoms with E-state index in [4.69, 9.17) is 0 Å². The number of methoxy groups -OCH3 is 1. The molecule has 0 N–H and O–H groups in total. The summed E-state index contributed by atoms with van der Waals surface area (Å²) in [6, 6.07) is 1.25. The fraction of sp³-hybridized carbons (Fsp3) is 0.429. The number of halogens is 2. The standard InChI is InChI=1S/C7H8F2N2O2/c1-4-3-5(6(12)13-2)11(10-4)7(8)9/h3,7H,1-2H3. The van der Waals surface area contributed by atoms with Crippen LogP contribution in [0.15, 0.2) is 6.07 Å². The molecule has 13 heavy (non-hydrogen) atoms. The zero-order valence-corrected chi connectivity index (χ0v) is 7.12. The van der Waals surface area contributed by atoms with E-state index in [2.05, 4.69) is 9.84 Å². The minimum Gasteiger partial charge on any atom is -0.464 e. The van der Waals surface area contributed by atoms with Gasteiger partial charge in [-0.15, -0.1) is 0 Å². The first kappa shape index (κ1) is 9.63. The average molecular weight is 190 g/mol. The van der Waals surface area contributed by atoms with Gasteiger partial charge in [-0.2, -0.15) is 18.6 Å². The summed E-state index contributed by atoms with van der Waals surface area (Å²) in [5.74, 6) is -0.819. The molecule has 0 atom stereocenters. The van der Waals surface area contributed by atoms with E-state index in [0.717, 1.165) is 7.11 Å². The van der Waals surface area contributed by atoms with Crippen LogP contribution in [0.3, 0.4) is 0 Å². The van der Waals surface area contributed by atoms with Gasteiger partial charge in [0.1, 0.15) is 0 Å². The Balaban J connectivity index is 3.11. The molecule has 0 amide bonds. The highest BCUT2D eigenvalue weighted by Gasteiger charge is 2.19. The van der Waals surface area contributed by atoms with E-state index < -0.39 is 12.5 Å². The van der Waals surface area contributed by atoms with E-state index in [9.17, 15) is 13.6 Å². The van der Waals surface area contributed by atoms with Crippen molar-refractivity contribution in [1.82, 2.24) is 9.78 Å². The molecule has 0 aliphatic rings. The zero-order chi connectivity index (χ0) is 10.0. The number of hydrogen-bond acceptors (Lipinski definition) is 3. The van der Waals surface area contributed by atoms with Gasteiger partial charge in [0.2, 0.25) is 0 Å². The van der Waals surface area contributed by atoms with E-state index >= 15 is 0 Å². The van der Waals surface area contributed by atoms with Crippen LogP contribution in [-0.4, -0.2) is 22.9 Å². The number of ether oxygens (including phenoxy) is 1. The van der Waals surface area contributed by atoms with Gasteiger partial charge in [0.05, 0.1) is 12.8 Å². The lowest BCUT2D eigenvalue weighted by Gasteiger charge is -2.02. The number of nitrogens with zero attached hydrogens (tertiary/aromatic N) is 2. The molecular weight excluding hydrogens is 182 g/mol. The minimum absolute atomic E-state index is 0.241. The van der Waals surface area contributed by atoms with E-state index in [0.29, 0.717) is 10.4 Å². The maximum Gasteiger partial charge on any atom is 0.356 e. The molecule has 0 spiro atoms. The molecule has 1 rings (SSSR count). The van der Waals surface area contributed by atoms with E-state index in [-0.39, 0.29) is 5.69 Å². The van der Waals surface area contributed by atoms with Gasteiger partial charge in [-0.1, -0.05) is 0 Å². The number of alkyl halides is 2. The largest absolute Gasteiger partial charge is 0.464 e. The monoisotopic (exact) mass is 190 g/mol. The van der Waals surface area contributed by atoms with Crippen LogP contribution in [0.2, 0.25) is 0 Å². The highest BCUT2D eigenvalue weighted by Crippen LogP contribution is 2.14. The lowest BCUT2D eigenvalue weighted by Crippen LogP contribution is -2.12. The predicted molar refractivity (Wildman–Crippen MR) is 39.6 cm³/mol. The molecule has 0 radical (unpaired) electrons. The van der Waals surface area contributed by atoms with Gasteiger partial charge in [0.15, 0.2) is 5.69 Å². The third-order valence-corrected chi connectivity index (χ3v) is 1.44. The van der Waals surface area contributed by atoms with Crippen molar-refractivity contribution in [2.24, 2.45) is 0 Å². The summed E-state index contributed by atoms with van der Waals surface area (Å²) in [6.07, 6.45) is 0. The van der Waals surface area contributed by atoms with Crippen molar-refractivity contribution in [2.75, 3.05) is 7.11 Å². The number of carbonyl (C=O) groups is 1. The summed E-state index contributed by atoms with van der Waals surface area (Å²) >= 11 is 0. The third kappa shape index (κ3) is 1.82. The Bertz CT molecular complexity index is 322. The normalized spacial score (nSPS) is 10.5. The lowest BCUT2D eigenvalue weighted by molar-refractivity contribution is 0.0396.